The molecule has 6 nitrogen and oxygen atoms in total. The van der Waals surface area contributed by atoms with Crippen LogP contribution in [0.4, 0.5) is 0 Å². The van der Waals surface area contributed by atoms with Crippen LogP contribution in [0.1, 0.15) is 40.0 Å². The maximum absolute atomic E-state index is 11.8. The topological polar surface area (TPSA) is 91.0 Å². The molecule has 0 aromatic heterocycles. The van der Waals surface area contributed by atoms with Crippen LogP contribution in [0.25, 0.3) is 0 Å². The van der Waals surface area contributed by atoms with Gasteiger partial charge in [-0.1, -0.05) is 25.9 Å². The minimum atomic E-state index is 0.0246. The molecule has 0 aliphatic carbocycles. The van der Waals surface area contributed by atoms with Gasteiger partial charge in [-0.3, -0.25) is 9.69 Å². The number of piperidine rings is 1. The van der Waals surface area contributed by atoms with Crippen molar-refractivity contribution in [3.05, 3.63) is 0 Å². The molecule has 0 saturated carbocycles. The standard InChI is InChI=1S/C13H26N4O2/c1-13(2,3)8-12(18)15-10-4-6-17(7-5-10)9-11(14)16-19/h10,19H,4-9H2,1-3H3,(H2,14,16)(H,15,18). The number of amides is 1. The van der Waals surface area contributed by atoms with Crippen molar-refractivity contribution in [1.29, 1.82) is 0 Å². The Bertz CT molecular complexity index is 328. The quantitative estimate of drug-likeness (QED) is 0.304. The highest BCUT2D eigenvalue weighted by Gasteiger charge is 2.23. The van der Waals surface area contributed by atoms with Crippen molar-refractivity contribution in [2.24, 2.45) is 16.3 Å². The smallest absolute Gasteiger partial charge is 0.220 e. The summed E-state index contributed by atoms with van der Waals surface area (Å²) in [5.74, 6) is 0.359. The van der Waals surface area contributed by atoms with Crippen LogP contribution in [0.15, 0.2) is 5.16 Å². The lowest BCUT2D eigenvalue weighted by atomic mass is 9.91. The van der Waals surface area contributed by atoms with E-state index in [0.717, 1.165) is 25.9 Å². The first kappa shape index (κ1) is 15.8. The molecule has 110 valence electrons. The molecule has 0 aromatic rings. The lowest BCUT2D eigenvalue weighted by Crippen LogP contribution is -2.47. The number of amidine groups is 1. The van der Waals surface area contributed by atoms with Crippen molar-refractivity contribution in [3.8, 4) is 0 Å². The Kier molecular flexibility index (Phi) is 5.60. The highest BCUT2D eigenvalue weighted by Crippen LogP contribution is 2.18. The minimum Gasteiger partial charge on any atom is -0.409 e. The predicted octanol–water partition coefficient (Wildman–Crippen LogP) is 0.750. The van der Waals surface area contributed by atoms with Gasteiger partial charge >= 0.3 is 0 Å². The van der Waals surface area contributed by atoms with E-state index in [-0.39, 0.29) is 23.2 Å². The summed E-state index contributed by atoms with van der Waals surface area (Å²) in [5, 5.41) is 14.6. The number of carbonyl (C=O) groups is 1. The zero-order valence-electron chi connectivity index (χ0n) is 12.1. The summed E-state index contributed by atoms with van der Waals surface area (Å²) >= 11 is 0. The van der Waals surface area contributed by atoms with Gasteiger partial charge in [-0.05, 0) is 18.3 Å². The van der Waals surface area contributed by atoms with Crippen LogP contribution in [0, 0.1) is 5.41 Å². The number of carbonyl (C=O) groups excluding carboxylic acids is 1. The second-order valence-electron chi connectivity index (χ2n) is 6.45. The molecule has 19 heavy (non-hydrogen) atoms. The number of likely N-dealkylation sites (tertiary alicyclic amines) is 1. The van der Waals surface area contributed by atoms with Crippen molar-refractivity contribution in [3.63, 3.8) is 0 Å². The molecule has 1 amide bonds. The van der Waals surface area contributed by atoms with Crippen LogP contribution in [-0.2, 0) is 4.79 Å². The molecule has 1 fully saturated rings. The molecular weight excluding hydrogens is 244 g/mol. The lowest BCUT2D eigenvalue weighted by Gasteiger charge is -2.32. The average Bonchev–Trinajstić information content (AvgIpc) is 2.29. The normalized spacial score (nSPS) is 19.4. The van der Waals surface area contributed by atoms with E-state index in [0.29, 0.717) is 13.0 Å². The zero-order chi connectivity index (χ0) is 14.5. The lowest BCUT2D eigenvalue weighted by molar-refractivity contribution is -0.123. The number of nitrogens with two attached hydrogens (primary N) is 1. The second-order valence-corrected chi connectivity index (χ2v) is 6.45. The van der Waals surface area contributed by atoms with E-state index in [1.165, 1.54) is 0 Å². The molecule has 0 spiro atoms. The molecule has 0 atom stereocenters. The third-order valence-corrected chi connectivity index (χ3v) is 3.16. The summed E-state index contributed by atoms with van der Waals surface area (Å²) < 4.78 is 0. The summed E-state index contributed by atoms with van der Waals surface area (Å²) in [7, 11) is 0. The molecule has 0 radical (unpaired) electrons. The van der Waals surface area contributed by atoms with Gasteiger partial charge < -0.3 is 16.3 Å². The van der Waals surface area contributed by atoms with Gasteiger partial charge in [-0.2, -0.15) is 0 Å². The summed E-state index contributed by atoms with van der Waals surface area (Å²) in [6, 6.07) is 0.249. The number of hydrogen-bond donors (Lipinski definition) is 3. The van der Waals surface area contributed by atoms with Crippen molar-refractivity contribution in [2.45, 2.75) is 46.1 Å². The first-order valence-corrected chi connectivity index (χ1v) is 6.78. The van der Waals surface area contributed by atoms with Gasteiger partial charge in [-0.25, -0.2) is 0 Å². The molecule has 1 heterocycles. The van der Waals surface area contributed by atoms with Crippen molar-refractivity contribution < 1.29 is 10.0 Å². The van der Waals surface area contributed by atoms with E-state index in [2.05, 4.69) is 36.1 Å². The molecule has 1 aliphatic rings. The van der Waals surface area contributed by atoms with Gasteiger partial charge in [0.25, 0.3) is 0 Å². The summed E-state index contributed by atoms with van der Waals surface area (Å²) in [6.07, 6.45) is 2.38. The van der Waals surface area contributed by atoms with E-state index >= 15 is 0 Å². The van der Waals surface area contributed by atoms with Crippen molar-refractivity contribution >= 4 is 11.7 Å². The minimum absolute atomic E-state index is 0.0246. The van der Waals surface area contributed by atoms with E-state index in [9.17, 15) is 4.79 Å². The monoisotopic (exact) mass is 270 g/mol. The molecule has 0 aromatic carbocycles. The third kappa shape index (κ3) is 6.42. The number of nitrogens with one attached hydrogen (secondary N) is 1. The molecule has 0 bridgehead atoms. The predicted molar refractivity (Wildman–Crippen MR) is 75.1 cm³/mol. The fourth-order valence-electron chi connectivity index (χ4n) is 2.26. The van der Waals surface area contributed by atoms with Gasteiger partial charge in [-0.15, -0.1) is 0 Å². The fourth-order valence-corrected chi connectivity index (χ4v) is 2.26. The number of oxime groups is 1. The van der Waals surface area contributed by atoms with Gasteiger partial charge in [0.2, 0.25) is 5.91 Å². The SMILES string of the molecule is CC(C)(C)CC(=O)NC1CCN(CC(N)=NO)CC1. The Morgan fingerprint density at radius 2 is 2.00 bits per heavy atom. The Hall–Kier alpha value is -1.30. The van der Waals surface area contributed by atoms with E-state index in [1.807, 2.05) is 0 Å². The van der Waals surface area contributed by atoms with Crippen LogP contribution in [0.3, 0.4) is 0 Å². The third-order valence-electron chi connectivity index (χ3n) is 3.16. The Labute approximate surface area is 115 Å². The summed E-state index contributed by atoms with van der Waals surface area (Å²) in [6.45, 7) is 8.39. The van der Waals surface area contributed by atoms with Gasteiger partial charge in [0.1, 0.15) is 0 Å². The molecule has 1 aliphatic heterocycles. The Morgan fingerprint density at radius 3 is 2.47 bits per heavy atom. The number of hydrogen-bond acceptors (Lipinski definition) is 4. The van der Waals surface area contributed by atoms with Crippen molar-refractivity contribution in [1.82, 2.24) is 10.2 Å². The van der Waals surface area contributed by atoms with E-state index in [1.54, 1.807) is 0 Å². The van der Waals surface area contributed by atoms with E-state index < -0.39 is 0 Å². The van der Waals surface area contributed by atoms with E-state index in [4.69, 9.17) is 10.9 Å². The first-order valence-electron chi connectivity index (χ1n) is 6.78. The maximum atomic E-state index is 11.8. The Balaban J connectivity index is 2.29. The van der Waals surface area contributed by atoms with Crippen LogP contribution < -0.4 is 11.1 Å². The first-order chi connectivity index (χ1) is 8.80. The maximum Gasteiger partial charge on any atom is 0.220 e. The summed E-state index contributed by atoms with van der Waals surface area (Å²) in [4.78, 5) is 14.0. The highest BCUT2D eigenvalue weighted by molar-refractivity contribution is 5.81. The molecule has 0 unspecified atom stereocenters. The highest BCUT2D eigenvalue weighted by atomic mass is 16.4. The van der Waals surface area contributed by atoms with Gasteiger partial charge in [0.15, 0.2) is 5.84 Å². The average molecular weight is 270 g/mol. The molecule has 4 N–H and O–H groups in total. The molecule has 1 rings (SSSR count). The second kappa shape index (κ2) is 6.75. The molecular formula is C13H26N4O2. The van der Waals surface area contributed by atoms with Crippen molar-refractivity contribution in [2.75, 3.05) is 19.6 Å². The largest absolute Gasteiger partial charge is 0.409 e. The molecule has 6 heteroatoms. The number of nitrogens with zero attached hydrogens (tertiary/aromatic N) is 2. The van der Waals surface area contributed by atoms with Crippen LogP contribution in [0.2, 0.25) is 0 Å². The number of rotatable bonds is 4. The van der Waals surface area contributed by atoms with Crippen LogP contribution in [0.5, 0.6) is 0 Å². The summed E-state index contributed by atoms with van der Waals surface area (Å²) in [5.41, 5.74) is 5.50. The van der Waals surface area contributed by atoms with Gasteiger partial charge in [0, 0.05) is 25.6 Å². The Morgan fingerprint density at radius 1 is 1.42 bits per heavy atom. The zero-order valence-corrected chi connectivity index (χ0v) is 12.1. The molecule has 1 saturated heterocycles. The van der Waals surface area contributed by atoms with Crippen LogP contribution in [-0.4, -0.2) is 47.5 Å². The fraction of sp³-hybridized carbons (Fsp3) is 0.846. The van der Waals surface area contributed by atoms with Gasteiger partial charge in [0.05, 0.1) is 6.54 Å². The van der Waals surface area contributed by atoms with Crippen LogP contribution >= 0.6 is 0 Å².